The van der Waals surface area contributed by atoms with Gasteiger partial charge in [0.05, 0.1) is 12.2 Å². The molecule has 0 saturated carbocycles. The SMILES string of the molecule is C=CCNC1(C(=O)OCC)CCOC(C)(C)C1. The van der Waals surface area contributed by atoms with Crippen LogP contribution in [-0.4, -0.2) is 36.9 Å². The molecule has 4 heteroatoms. The fourth-order valence-electron chi connectivity index (χ4n) is 2.30. The fourth-order valence-corrected chi connectivity index (χ4v) is 2.30. The molecular weight excluding hydrogens is 218 g/mol. The Morgan fingerprint density at radius 2 is 2.29 bits per heavy atom. The van der Waals surface area contributed by atoms with Crippen molar-refractivity contribution in [3.63, 3.8) is 0 Å². The first-order valence-corrected chi connectivity index (χ1v) is 6.13. The van der Waals surface area contributed by atoms with Gasteiger partial charge in [0.25, 0.3) is 0 Å². The summed E-state index contributed by atoms with van der Waals surface area (Å²) in [5, 5.41) is 3.25. The predicted molar refractivity (Wildman–Crippen MR) is 66.8 cm³/mol. The molecule has 1 saturated heterocycles. The van der Waals surface area contributed by atoms with Crippen LogP contribution in [0.1, 0.15) is 33.6 Å². The molecule has 1 unspecified atom stereocenters. The fraction of sp³-hybridized carbons (Fsp3) is 0.769. The topological polar surface area (TPSA) is 47.6 Å². The number of carbonyl (C=O) groups excluding carboxylic acids is 1. The average Bonchev–Trinajstić information content (AvgIpc) is 2.25. The number of nitrogens with one attached hydrogen (secondary N) is 1. The highest BCUT2D eigenvalue weighted by Gasteiger charge is 2.47. The summed E-state index contributed by atoms with van der Waals surface area (Å²) < 4.78 is 10.8. The van der Waals surface area contributed by atoms with Crippen molar-refractivity contribution in [2.24, 2.45) is 0 Å². The first-order chi connectivity index (χ1) is 7.96. The Kier molecular flexibility index (Phi) is 4.71. The molecule has 0 aromatic rings. The van der Waals surface area contributed by atoms with Gasteiger partial charge >= 0.3 is 5.97 Å². The van der Waals surface area contributed by atoms with Gasteiger partial charge in [-0.1, -0.05) is 6.08 Å². The van der Waals surface area contributed by atoms with Gasteiger partial charge in [-0.3, -0.25) is 10.1 Å². The van der Waals surface area contributed by atoms with Crippen LogP contribution in [0, 0.1) is 0 Å². The maximum atomic E-state index is 12.1. The van der Waals surface area contributed by atoms with E-state index in [4.69, 9.17) is 9.47 Å². The van der Waals surface area contributed by atoms with E-state index in [1.807, 2.05) is 20.8 Å². The lowest BCUT2D eigenvalue weighted by Gasteiger charge is -2.43. The van der Waals surface area contributed by atoms with Gasteiger partial charge in [-0.05, 0) is 27.2 Å². The van der Waals surface area contributed by atoms with E-state index >= 15 is 0 Å². The lowest BCUT2D eigenvalue weighted by molar-refractivity contribution is -0.163. The van der Waals surface area contributed by atoms with Gasteiger partial charge in [-0.25, -0.2) is 0 Å². The van der Waals surface area contributed by atoms with E-state index < -0.39 is 5.54 Å². The molecule has 0 radical (unpaired) electrons. The van der Waals surface area contributed by atoms with Crippen molar-refractivity contribution < 1.29 is 14.3 Å². The monoisotopic (exact) mass is 241 g/mol. The minimum atomic E-state index is -0.633. The third-order valence-electron chi connectivity index (χ3n) is 3.00. The lowest BCUT2D eigenvalue weighted by atomic mass is 9.81. The summed E-state index contributed by atoms with van der Waals surface area (Å²) in [4.78, 5) is 12.1. The Bertz CT molecular complexity index is 288. The molecule has 0 aromatic heterocycles. The van der Waals surface area contributed by atoms with Crippen LogP contribution in [0.15, 0.2) is 12.7 Å². The van der Waals surface area contributed by atoms with Crippen LogP contribution in [0.5, 0.6) is 0 Å². The number of esters is 1. The van der Waals surface area contributed by atoms with Gasteiger partial charge in [-0.15, -0.1) is 6.58 Å². The van der Waals surface area contributed by atoms with Crippen molar-refractivity contribution in [2.75, 3.05) is 19.8 Å². The largest absolute Gasteiger partial charge is 0.465 e. The molecule has 0 spiro atoms. The normalized spacial score (nSPS) is 27.5. The van der Waals surface area contributed by atoms with E-state index in [1.165, 1.54) is 0 Å². The van der Waals surface area contributed by atoms with Crippen molar-refractivity contribution in [1.82, 2.24) is 5.32 Å². The number of hydrogen-bond donors (Lipinski definition) is 1. The van der Waals surface area contributed by atoms with Crippen LogP contribution in [0.4, 0.5) is 0 Å². The van der Waals surface area contributed by atoms with Crippen molar-refractivity contribution in [3.05, 3.63) is 12.7 Å². The zero-order valence-corrected chi connectivity index (χ0v) is 11.0. The standard InChI is InChI=1S/C13H23NO3/c1-5-8-14-13(11(15)16-6-2)7-9-17-12(3,4)10-13/h5,14H,1,6-10H2,2-4H3. The average molecular weight is 241 g/mol. The van der Waals surface area contributed by atoms with Crippen LogP contribution in [0.25, 0.3) is 0 Å². The number of rotatable bonds is 5. The molecule has 1 aliphatic heterocycles. The summed E-state index contributed by atoms with van der Waals surface area (Å²) in [6.45, 7) is 11.0. The van der Waals surface area contributed by atoms with Crippen LogP contribution in [0.3, 0.4) is 0 Å². The molecule has 0 amide bonds. The highest BCUT2D eigenvalue weighted by Crippen LogP contribution is 2.33. The number of carbonyl (C=O) groups is 1. The van der Waals surface area contributed by atoms with E-state index in [2.05, 4.69) is 11.9 Å². The second-order valence-corrected chi connectivity index (χ2v) is 5.01. The van der Waals surface area contributed by atoms with Crippen LogP contribution < -0.4 is 5.32 Å². The molecule has 0 bridgehead atoms. The highest BCUT2D eigenvalue weighted by atomic mass is 16.5. The minimum absolute atomic E-state index is 0.182. The predicted octanol–water partition coefficient (Wildman–Crippen LogP) is 1.65. The summed E-state index contributed by atoms with van der Waals surface area (Å²) in [5.41, 5.74) is -0.939. The van der Waals surface area contributed by atoms with Crippen molar-refractivity contribution in [2.45, 2.75) is 44.8 Å². The molecule has 1 aliphatic rings. The molecule has 4 nitrogen and oxygen atoms in total. The van der Waals surface area contributed by atoms with Gasteiger partial charge in [0.2, 0.25) is 0 Å². The van der Waals surface area contributed by atoms with Gasteiger partial charge in [0, 0.05) is 19.6 Å². The molecule has 98 valence electrons. The van der Waals surface area contributed by atoms with Crippen molar-refractivity contribution >= 4 is 5.97 Å². The Morgan fingerprint density at radius 1 is 1.59 bits per heavy atom. The Hall–Kier alpha value is -0.870. The highest BCUT2D eigenvalue weighted by molar-refractivity contribution is 5.81. The zero-order valence-electron chi connectivity index (χ0n) is 11.0. The summed E-state index contributed by atoms with van der Waals surface area (Å²) in [6, 6.07) is 0. The summed E-state index contributed by atoms with van der Waals surface area (Å²) in [7, 11) is 0. The summed E-state index contributed by atoms with van der Waals surface area (Å²) in [5.74, 6) is -0.182. The molecule has 1 N–H and O–H groups in total. The first kappa shape index (κ1) is 14.2. The van der Waals surface area contributed by atoms with Crippen molar-refractivity contribution in [1.29, 1.82) is 0 Å². The van der Waals surface area contributed by atoms with Crippen LogP contribution in [-0.2, 0) is 14.3 Å². The minimum Gasteiger partial charge on any atom is -0.465 e. The van der Waals surface area contributed by atoms with E-state index in [-0.39, 0.29) is 11.6 Å². The summed E-state index contributed by atoms with van der Waals surface area (Å²) >= 11 is 0. The maximum absolute atomic E-state index is 12.1. The van der Waals surface area contributed by atoms with Gasteiger partial charge in [-0.2, -0.15) is 0 Å². The zero-order chi connectivity index (χ0) is 12.9. The smallest absolute Gasteiger partial charge is 0.326 e. The number of ether oxygens (including phenoxy) is 2. The Morgan fingerprint density at radius 3 is 2.82 bits per heavy atom. The molecule has 1 atom stereocenters. The van der Waals surface area contributed by atoms with Gasteiger partial charge < -0.3 is 9.47 Å². The summed E-state index contributed by atoms with van der Waals surface area (Å²) in [6.07, 6.45) is 3.01. The second kappa shape index (κ2) is 5.65. The number of hydrogen-bond acceptors (Lipinski definition) is 4. The lowest BCUT2D eigenvalue weighted by Crippen LogP contribution is -2.60. The van der Waals surface area contributed by atoms with Crippen LogP contribution in [0.2, 0.25) is 0 Å². The Balaban J connectivity index is 2.84. The molecule has 1 fully saturated rings. The third-order valence-corrected chi connectivity index (χ3v) is 3.00. The molecule has 0 aromatic carbocycles. The van der Waals surface area contributed by atoms with Gasteiger partial charge in [0.15, 0.2) is 0 Å². The molecule has 0 aliphatic carbocycles. The molecule has 1 rings (SSSR count). The van der Waals surface area contributed by atoms with E-state index in [1.54, 1.807) is 6.08 Å². The van der Waals surface area contributed by atoms with E-state index in [9.17, 15) is 4.79 Å². The molecular formula is C13H23NO3. The van der Waals surface area contributed by atoms with Crippen molar-refractivity contribution in [3.8, 4) is 0 Å². The molecule has 1 heterocycles. The second-order valence-electron chi connectivity index (χ2n) is 5.01. The third kappa shape index (κ3) is 3.54. The van der Waals surface area contributed by atoms with E-state index in [0.717, 1.165) is 0 Å². The quantitative estimate of drug-likeness (QED) is 0.587. The van der Waals surface area contributed by atoms with Gasteiger partial charge in [0.1, 0.15) is 5.54 Å². The molecule has 17 heavy (non-hydrogen) atoms. The first-order valence-electron chi connectivity index (χ1n) is 6.13. The van der Waals surface area contributed by atoms with Crippen LogP contribution >= 0.6 is 0 Å². The Labute approximate surface area is 103 Å². The maximum Gasteiger partial charge on any atom is 0.326 e. The van der Waals surface area contributed by atoms with E-state index in [0.29, 0.717) is 32.6 Å².